The predicted molar refractivity (Wildman–Crippen MR) is 74.0 cm³/mol. The van der Waals surface area contributed by atoms with Crippen LogP contribution in [0.2, 0.25) is 0 Å². The highest BCUT2D eigenvalue weighted by Crippen LogP contribution is 2.34. The van der Waals surface area contributed by atoms with Crippen LogP contribution in [0.4, 0.5) is 0 Å². The molecule has 0 aliphatic heterocycles. The van der Waals surface area contributed by atoms with Gasteiger partial charge < -0.3 is 15.6 Å². The van der Waals surface area contributed by atoms with E-state index in [2.05, 4.69) is 4.98 Å². The van der Waals surface area contributed by atoms with Gasteiger partial charge in [0.1, 0.15) is 5.75 Å². The highest BCUT2D eigenvalue weighted by molar-refractivity contribution is 5.38. The minimum Gasteiger partial charge on any atom is -0.496 e. The zero-order valence-corrected chi connectivity index (χ0v) is 10.9. The van der Waals surface area contributed by atoms with E-state index < -0.39 is 6.10 Å². The number of pyridine rings is 1. The largest absolute Gasteiger partial charge is 0.496 e. The molecule has 2 rings (SSSR count). The van der Waals surface area contributed by atoms with E-state index >= 15 is 0 Å². The molecule has 19 heavy (non-hydrogen) atoms. The summed E-state index contributed by atoms with van der Waals surface area (Å²) in [4.78, 5) is 4.03. The Hall–Kier alpha value is -1.91. The van der Waals surface area contributed by atoms with Crippen LogP contribution < -0.4 is 10.5 Å². The van der Waals surface area contributed by atoms with E-state index in [0.717, 1.165) is 16.9 Å². The Labute approximate surface area is 112 Å². The zero-order valence-electron chi connectivity index (χ0n) is 10.9. The summed E-state index contributed by atoms with van der Waals surface area (Å²) in [5, 5.41) is 10.5. The SMILES string of the molecule is COc1ccccc1C(CN)C(O)c1cccnc1. The number of nitrogens with two attached hydrogens (primary N) is 1. The predicted octanol–water partition coefficient (Wildman–Crippen LogP) is 1.87. The summed E-state index contributed by atoms with van der Waals surface area (Å²) in [6.07, 6.45) is 2.63. The molecule has 3 N–H and O–H groups in total. The first kappa shape index (κ1) is 13.5. The summed E-state index contributed by atoms with van der Waals surface area (Å²) in [7, 11) is 1.61. The number of nitrogens with zero attached hydrogens (tertiary/aromatic N) is 1. The summed E-state index contributed by atoms with van der Waals surface area (Å²) < 4.78 is 5.33. The molecular formula is C15H18N2O2. The van der Waals surface area contributed by atoms with Gasteiger partial charge in [0.2, 0.25) is 0 Å². The fraction of sp³-hybridized carbons (Fsp3) is 0.267. The molecule has 2 aromatic rings. The third kappa shape index (κ3) is 2.92. The Morgan fingerprint density at radius 3 is 2.68 bits per heavy atom. The Kier molecular flexibility index (Phi) is 4.49. The van der Waals surface area contributed by atoms with Gasteiger partial charge in [0.05, 0.1) is 13.2 Å². The molecule has 0 saturated heterocycles. The zero-order chi connectivity index (χ0) is 13.7. The van der Waals surface area contributed by atoms with E-state index in [1.54, 1.807) is 25.6 Å². The van der Waals surface area contributed by atoms with Gasteiger partial charge in [-0.25, -0.2) is 0 Å². The van der Waals surface area contributed by atoms with Gasteiger partial charge in [-0.2, -0.15) is 0 Å². The molecule has 1 aromatic carbocycles. The normalized spacial score (nSPS) is 13.8. The smallest absolute Gasteiger partial charge is 0.122 e. The maximum atomic E-state index is 10.5. The van der Waals surface area contributed by atoms with Gasteiger partial charge in [0.25, 0.3) is 0 Å². The Morgan fingerprint density at radius 2 is 2.05 bits per heavy atom. The third-order valence-corrected chi connectivity index (χ3v) is 3.20. The second kappa shape index (κ2) is 6.31. The summed E-state index contributed by atoms with van der Waals surface area (Å²) in [5.41, 5.74) is 7.49. The van der Waals surface area contributed by atoms with E-state index in [0.29, 0.717) is 6.54 Å². The van der Waals surface area contributed by atoms with Crippen molar-refractivity contribution in [1.82, 2.24) is 4.98 Å². The van der Waals surface area contributed by atoms with Crippen LogP contribution in [0.15, 0.2) is 48.8 Å². The number of rotatable bonds is 5. The lowest BCUT2D eigenvalue weighted by molar-refractivity contribution is 0.145. The van der Waals surface area contributed by atoms with Crippen molar-refractivity contribution in [2.45, 2.75) is 12.0 Å². The average molecular weight is 258 g/mol. The second-order valence-corrected chi connectivity index (χ2v) is 4.32. The first-order valence-electron chi connectivity index (χ1n) is 6.19. The topological polar surface area (TPSA) is 68.4 Å². The van der Waals surface area contributed by atoms with Crippen molar-refractivity contribution in [3.8, 4) is 5.75 Å². The van der Waals surface area contributed by atoms with Crippen molar-refractivity contribution >= 4 is 0 Å². The Morgan fingerprint density at radius 1 is 1.26 bits per heavy atom. The van der Waals surface area contributed by atoms with Crippen LogP contribution in [0.1, 0.15) is 23.1 Å². The first-order chi connectivity index (χ1) is 9.27. The van der Waals surface area contributed by atoms with E-state index in [1.165, 1.54) is 0 Å². The lowest BCUT2D eigenvalue weighted by Crippen LogP contribution is -2.20. The highest BCUT2D eigenvalue weighted by Gasteiger charge is 2.24. The van der Waals surface area contributed by atoms with Gasteiger partial charge in [-0.1, -0.05) is 24.3 Å². The standard InChI is InChI=1S/C15H18N2O2/c1-19-14-7-3-2-6-12(14)13(9-16)15(18)11-5-4-8-17-10-11/h2-8,10,13,15,18H,9,16H2,1H3. The van der Waals surface area contributed by atoms with Gasteiger partial charge in [-0.3, -0.25) is 4.98 Å². The van der Waals surface area contributed by atoms with E-state index in [9.17, 15) is 5.11 Å². The molecule has 0 aliphatic carbocycles. The van der Waals surface area contributed by atoms with Crippen molar-refractivity contribution in [2.24, 2.45) is 5.73 Å². The third-order valence-electron chi connectivity index (χ3n) is 3.20. The Bertz CT molecular complexity index is 517. The van der Waals surface area contributed by atoms with Crippen LogP contribution >= 0.6 is 0 Å². The van der Waals surface area contributed by atoms with Crippen LogP contribution in [0.5, 0.6) is 5.75 Å². The lowest BCUT2D eigenvalue weighted by atomic mass is 9.89. The number of hydrogen-bond acceptors (Lipinski definition) is 4. The molecule has 0 aliphatic rings. The number of benzene rings is 1. The van der Waals surface area contributed by atoms with E-state index in [-0.39, 0.29) is 5.92 Å². The number of hydrogen-bond donors (Lipinski definition) is 2. The van der Waals surface area contributed by atoms with Gasteiger partial charge in [-0.15, -0.1) is 0 Å². The van der Waals surface area contributed by atoms with Crippen LogP contribution in [0.3, 0.4) is 0 Å². The van der Waals surface area contributed by atoms with Gasteiger partial charge in [0.15, 0.2) is 0 Å². The summed E-state index contributed by atoms with van der Waals surface area (Å²) in [6, 6.07) is 11.2. The average Bonchev–Trinajstić information content (AvgIpc) is 2.49. The molecule has 1 aromatic heterocycles. The molecule has 0 radical (unpaired) electrons. The van der Waals surface area contributed by atoms with Crippen molar-refractivity contribution < 1.29 is 9.84 Å². The number of para-hydroxylation sites is 1. The van der Waals surface area contributed by atoms with Crippen LogP contribution in [0.25, 0.3) is 0 Å². The molecule has 4 heteroatoms. The molecule has 0 saturated carbocycles. The van der Waals surface area contributed by atoms with Crippen molar-refractivity contribution in [2.75, 3.05) is 13.7 Å². The molecular weight excluding hydrogens is 240 g/mol. The van der Waals surface area contributed by atoms with Crippen molar-refractivity contribution in [3.05, 3.63) is 59.9 Å². The summed E-state index contributed by atoms with van der Waals surface area (Å²) in [5.74, 6) is 0.515. The minimum atomic E-state index is -0.699. The first-order valence-corrected chi connectivity index (χ1v) is 6.19. The maximum Gasteiger partial charge on any atom is 0.122 e. The molecule has 0 amide bonds. The highest BCUT2D eigenvalue weighted by atomic mass is 16.5. The number of aromatic nitrogens is 1. The minimum absolute atomic E-state index is 0.222. The molecule has 2 unspecified atom stereocenters. The number of ether oxygens (including phenoxy) is 1. The molecule has 1 heterocycles. The summed E-state index contributed by atoms with van der Waals surface area (Å²) in [6.45, 7) is 0.330. The van der Waals surface area contributed by atoms with Crippen LogP contribution in [0, 0.1) is 0 Å². The second-order valence-electron chi connectivity index (χ2n) is 4.32. The van der Waals surface area contributed by atoms with E-state index in [4.69, 9.17) is 10.5 Å². The fourth-order valence-electron chi connectivity index (χ4n) is 2.18. The number of aliphatic hydroxyl groups is 1. The molecule has 0 bridgehead atoms. The number of methoxy groups -OCH3 is 1. The molecule has 0 fully saturated rings. The van der Waals surface area contributed by atoms with Crippen molar-refractivity contribution in [1.29, 1.82) is 0 Å². The summed E-state index contributed by atoms with van der Waals surface area (Å²) >= 11 is 0. The Balaban J connectivity index is 2.34. The van der Waals surface area contributed by atoms with E-state index in [1.807, 2.05) is 30.3 Å². The fourth-order valence-corrected chi connectivity index (χ4v) is 2.18. The molecule has 100 valence electrons. The molecule has 2 atom stereocenters. The molecule has 4 nitrogen and oxygen atoms in total. The maximum absolute atomic E-state index is 10.5. The van der Waals surface area contributed by atoms with Gasteiger partial charge >= 0.3 is 0 Å². The van der Waals surface area contributed by atoms with Gasteiger partial charge in [0, 0.05) is 30.4 Å². The van der Waals surface area contributed by atoms with Crippen LogP contribution in [-0.2, 0) is 0 Å². The van der Waals surface area contributed by atoms with Crippen molar-refractivity contribution in [3.63, 3.8) is 0 Å². The molecule has 0 spiro atoms. The number of aliphatic hydroxyl groups excluding tert-OH is 1. The monoisotopic (exact) mass is 258 g/mol. The van der Waals surface area contributed by atoms with Gasteiger partial charge in [-0.05, 0) is 17.7 Å². The quantitative estimate of drug-likeness (QED) is 0.859. The van der Waals surface area contributed by atoms with Crippen LogP contribution in [-0.4, -0.2) is 23.7 Å². The lowest BCUT2D eigenvalue weighted by Gasteiger charge is -2.23.